The van der Waals surface area contributed by atoms with Crippen LogP contribution in [0.15, 0.2) is 36.4 Å². The predicted octanol–water partition coefficient (Wildman–Crippen LogP) is 1.53. The molecular formula is C20H26BNO6. The highest BCUT2D eigenvalue weighted by Gasteiger charge is 2.22. The fourth-order valence-electron chi connectivity index (χ4n) is 3.05. The Morgan fingerprint density at radius 2 is 1.75 bits per heavy atom. The Labute approximate surface area is 165 Å². The van der Waals surface area contributed by atoms with Crippen LogP contribution in [0.5, 0.6) is 11.5 Å². The summed E-state index contributed by atoms with van der Waals surface area (Å²) in [5.74, 6) is 0.699. The highest BCUT2D eigenvalue weighted by atomic mass is 16.6. The van der Waals surface area contributed by atoms with E-state index in [-0.39, 0.29) is 12.3 Å². The number of methoxy groups -OCH3 is 2. The first kappa shape index (κ1) is 21.8. The molecule has 1 atom stereocenters. The molecule has 150 valence electrons. The molecule has 0 radical (unpaired) electrons. The van der Waals surface area contributed by atoms with E-state index in [9.17, 15) is 14.8 Å². The highest BCUT2D eigenvalue weighted by molar-refractivity contribution is 6.32. The summed E-state index contributed by atoms with van der Waals surface area (Å²) in [7, 11) is 1.03. The minimum atomic E-state index is -2.00. The van der Waals surface area contributed by atoms with Crippen LogP contribution in [0.4, 0.5) is 0 Å². The molecule has 28 heavy (non-hydrogen) atoms. The molecule has 2 aromatic rings. The zero-order valence-electron chi connectivity index (χ0n) is 16.6. The van der Waals surface area contributed by atoms with Crippen molar-refractivity contribution in [2.45, 2.75) is 32.9 Å². The molecule has 3 N–H and O–H groups in total. The molecule has 0 unspecified atom stereocenters. The van der Waals surface area contributed by atoms with Crippen LogP contribution in [0.3, 0.4) is 0 Å². The van der Waals surface area contributed by atoms with Gasteiger partial charge in [-0.3, -0.25) is 4.79 Å². The lowest BCUT2D eigenvalue weighted by atomic mass is 10.0. The molecule has 0 saturated carbocycles. The lowest BCUT2D eigenvalue weighted by molar-refractivity contribution is -0.123. The molecule has 0 heterocycles. The van der Waals surface area contributed by atoms with E-state index in [1.54, 1.807) is 18.2 Å². The van der Waals surface area contributed by atoms with Gasteiger partial charge in [-0.25, -0.2) is 0 Å². The molecule has 0 fully saturated rings. The molecule has 0 spiro atoms. The first-order chi connectivity index (χ1) is 13.3. The van der Waals surface area contributed by atoms with E-state index in [2.05, 4.69) is 5.32 Å². The lowest BCUT2D eigenvalue weighted by Gasteiger charge is -2.21. The van der Waals surface area contributed by atoms with Gasteiger partial charge >= 0.3 is 7.32 Å². The Balaban J connectivity index is 2.15. The molecule has 2 aromatic carbocycles. The van der Waals surface area contributed by atoms with Gasteiger partial charge in [0.2, 0.25) is 5.91 Å². The van der Waals surface area contributed by atoms with E-state index >= 15 is 0 Å². The minimum Gasteiger partial charge on any atom is -0.496 e. The van der Waals surface area contributed by atoms with Gasteiger partial charge in [0.25, 0.3) is 0 Å². The fraction of sp³-hybridized carbons (Fsp3) is 0.350. The van der Waals surface area contributed by atoms with Crippen LogP contribution in [-0.2, 0) is 22.3 Å². The van der Waals surface area contributed by atoms with Crippen LogP contribution >= 0.6 is 0 Å². The topological polar surface area (TPSA) is 97.3 Å². The summed E-state index contributed by atoms with van der Waals surface area (Å²) in [5.41, 5.74) is 3.68. The quantitative estimate of drug-likeness (QED) is 0.446. The van der Waals surface area contributed by atoms with E-state index in [4.69, 9.17) is 14.1 Å². The Kier molecular flexibility index (Phi) is 7.86. The van der Waals surface area contributed by atoms with Gasteiger partial charge in [0.15, 0.2) is 0 Å². The third-order valence-corrected chi connectivity index (χ3v) is 4.38. The second-order valence-electron chi connectivity index (χ2n) is 6.47. The van der Waals surface area contributed by atoms with Crippen molar-refractivity contribution >= 4 is 13.2 Å². The Hall–Kier alpha value is -2.55. The molecule has 7 nitrogen and oxygen atoms in total. The monoisotopic (exact) mass is 387 g/mol. The van der Waals surface area contributed by atoms with Crippen molar-refractivity contribution in [3.63, 3.8) is 0 Å². The largest absolute Gasteiger partial charge is 0.635 e. The average molecular weight is 387 g/mol. The standard InChI is InChI=1S/C20H26BNO6/c1-13-8-9-15(14(2)10-13)11-20(28-21(24)25)22-19(23)12-16-17(26-3)6-5-7-18(16)27-4/h5-10,20,24-25H,11-12H2,1-4H3,(H,22,23)/t20-/m1/s1. The van der Waals surface area contributed by atoms with Crippen LogP contribution < -0.4 is 14.8 Å². The smallest absolute Gasteiger partial charge is 0.496 e. The van der Waals surface area contributed by atoms with Crippen molar-refractivity contribution in [2.24, 2.45) is 0 Å². The molecule has 1 amide bonds. The molecule has 0 aliphatic heterocycles. The number of rotatable bonds is 9. The molecule has 0 bridgehead atoms. The number of benzene rings is 2. The normalized spacial score (nSPS) is 11.6. The summed E-state index contributed by atoms with van der Waals surface area (Å²) < 4.78 is 15.7. The predicted molar refractivity (Wildman–Crippen MR) is 106 cm³/mol. The second-order valence-corrected chi connectivity index (χ2v) is 6.47. The van der Waals surface area contributed by atoms with Gasteiger partial charge in [-0.2, -0.15) is 0 Å². The SMILES string of the molecule is COc1cccc(OC)c1CC(=O)N[C@@H](Cc1ccc(C)cc1C)OB(O)O. The van der Waals surface area contributed by atoms with E-state index < -0.39 is 13.5 Å². The van der Waals surface area contributed by atoms with Gasteiger partial charge < -0.3 is 29.5 Å². The average Bonchev–Trinajstić information content (AvgIpc) is 2.63. The first-order valence-corrected chi connectivity index (χ1v) is 8.91. The summed E-state index contributed by atoms with van der Waals surface area (Å²) in [6, 6.07) is 11.2. The van der Waals surface area contributed by atoms with E-state index in [0.717, 1.165) is 16.7 Å². The van der Waals surface area contributed by atoms with Crippen molar-refractivity contribution in [1.82, 2.24) is 5.32 Å². The molecule has 8 heteroatoms. The van der Waals surface area contributed by atoms with Crippen molar-refractivity contribution in [3.8, 4) is 11.5 Å². The highest BCUT2D eigenvalue weighted by Crippen LogP contribution is 2.28. The number of amides is 1. The summed E-state index contributed by atoms with van der Waals surface area (Å²) in [6.07, 6.45) is -0.630. The number of carbonyl (C=O) groups excluding carboxylic acids is 1. The number of aryl methyl sites for hydroxylation is 2. The summed E-state index contributed by atoms with van der Waals surface area (Å²) in [5, 5.41) is 21.1. The Bertz CT molecular complexity index is 789. The summed E-state index contributed by atoms with van der Waals surface area (Å²) >= 11 is 0. The van der Waals surface area contributed by atoms with Crippen LogP contribution in [0.25, 0.3) is 0 Å². The van der Waals surface area contributed by atoms with Gasteiger partial charge in [0, 0.05) is 12.0 Å². The maximum Gasteiger partial charge on any atom is 0.635 e. The maximum absolute atomic E-state index is 12.6. The van der Waals surface area contributed by atoms with Gasteiger partial charge in [-0.1, -0.05) is 29.8 Å². The zero-order chi connectivity index (χ0) is 20.7. The number of hydrogen-bond acceptors (Lipinski definition) is 6. The lowest BCUT2D eigenvalue weighted by Crippen LogP contribution is -2.43. The Morgan fingerprint density at radius 3 is 2.29 bits per heavy atom. The maximum atomic E-state index is 12.6. The van der Waals surface area contributed by atoms with Gasteiger partial charge in [-0.05, 0) is 37.1 Å². The van der Waals surface area contributed by atoms with E-state index in [0.29, 0.717) is 23.5 Å². The third kappa shape index (κ3) is 5.98. The van der Waals surface area contributed by atoms with Crippen molar-refractivity contribution in [1.29, 1.82) is 0 Å². The first-order valence-electron chi connectivity index (χ1n) is 8.91. The number of nitrogens with one attached hydrogen (secondary N) is 1. The summed E-state index contributed by atoms with van der Waals surface area (Å²) in [6.45, 7) is 3.95. The number of ether oxygens (including phenoxy) is 2. The van der Waals surface area contributed by atoms with E-state index in [1.807, 2.05) is 32.0 Å². The second kappa shape index (κ2) is 10.1. The minimum absolute atomic E-state index is 0.0124. The van der Waals surface area contributed by atoms with Gasteiger partial charge in [0.05, 0.1) is 20.6 Å². The zero-order valence-corrected chi connectivity index (χ0v) is 16.6. The van der Waals surface area contributed by atoms with Crippen LogP contribution in [-0.4, -0.2) is 43.7 Å². The molecule has 0 aromatic heterocycles. The fourth-order valence-corrected chi connectivity index (χ4v) is 3.05. The molecule has 0 saturated heterocycles. The molecule has 0 aliphatic rings. The number of hydrogen-bond donors (Lipinski definition) is 3. The number of carbonyl (C=O) groups is 1. The third-order valence-electron chi connectivity index (χ3n) is 4.38. The van der Waals surface area contributed by atoms with Crippen LogP contribution in [0, 0.1) is 13.8 Å². The van der Waals surface area contributed by atoms with E-state index in [1.165, 1.54) is 14.2 Å². The van der Waals surface area contributed by atoms with Gasteiger partial charge in [-0.15, -0.1) is 0 Å². The molecule has 2 rings (SSSR count). The summed E-state index contributed by atoms with van der Waals surface area (Å²) in [4.78, 5) is 12.6. The van der Waals surface area contributed by atoms with Crippen molar-refractivity contribution < 1.29 is 29.0 Å². The Morgan fingerprint density at radius 1 is 1.11 bits per heavy atom. The van der Waals surface area contributed by atoms with Gasteiger partial charge in [0.1, 0.15) is 17.7 Å². The molecule has 0 aliphatic carbocycles. The van der Waals surface area contributed by atoms with Crippen LogP contribution in [0.1, 0.15) is 22.3 Å². The van der Waals surface area contributed by atoms with Crippen molar-refractivity contribution in [2.75, 3.05) is 14.2 Å². The van der Waals surface area contributed by atoms with Crippen molar-refractivity contribution in [3.05, 3.63) is 58.7 Å². The van der Waals surface area contributed by atoms with Crippen LogP contribution in [0.2, 0.25) is 0 Å². The molecular weight excluding hydrogens is 361 g/mol.